The van der Waals surface area contributed by atoms with Gasteiger partial charge in [0.05, 0.1) is 6.54 Å². The molecule has 2 heterocycles. The summed E-state index contributed by atoms with van der Waals surface area (Å²) in [5.74, 6) is 0.0656. The molecule has 1 aromatic carbocycles. The topological polar surface area (TPSA) is 41.5 Å². The van der Waals surface area contributed by atoms with Gasteiger partial charge in [0.15, 0.2) is 0 Å². The highest BCUT2D eigenvalue weighted by atomic mass is 32.2. The molecule has 0 fully saturated rings. The van der Waals surface area contributed by atoms with Crippen molar-refractivity contribution in [1.29, 1.82) is 0 Å². The van der Waals surface area contributed by atoms with Crippen LogP contribution in [0.4, 0.5) is 5.69 Å². The van der Waals surface area contributed by atoms with E-state index in [1.165, 1.54) is 5.56 Å². The van der Waals surface area contributed by atoms with Crippen LogP contribution in [0.3, 0.4) is 0 Å². The second-order valence-corrected chi connectivity index (χ2v) is 6.56. The normalized spacial score (nSPS) is 26.0. The Balaban J connectivity index is 2.09. The zero-order valence-corrected chi connectivity index (χ0v) is 11.2. The van der Waals surface area contributed by atoms with Gasteiger partial charge in [-0.3, -0.25) is 9.79 Å². The Morgan fingerprint density at radius 3 is 3.06 bits per heavy atom. The van der Waals surface area contributed by atoms with E-state index < -0.39 is 4.75 Å². The van der Waals surface area contributed by atoms with Crippen LogP contribution >= 0.6 is 23.5 Å². The molecule has 5 heteroatoms. The van der Waals surface area contributed by atoms with Crippen molar-refractivity contribution in [2.45, 2.75) is 11.7 Å². The lowest BCUT2D eigenvalue weighted by Crippen LogP contribution is -2.32. The summed E-state index contributed by atoms with van der Waals surface area (Å²) in [5, 5.41) is 2.96. The molecule has 2 aliphatic heterocycles. The van der Waals surface area contributed by atoms with Gasteiger partial charge in [-0.2, -0.15) is 0 Å². The van der Waals surface area contributed by atoms with Gasteiger partial charge in [-0.25, -0.2) is 0 Å². The number of hydrogen-bond acceptors (Lipinski definition) is 4. The van der Waals surface area contributed by atoms with Crippen molar-refractivity contribution in [2.24, 2.45) is 4.99 Å². The Hall–Kier alpha value is -0.940. The molecule has 2 aliphatic rings. The minimum atomic E-state index is -0.514. The fraction of sp³-hybridized carbons (Fsp3) is 0.333. The number of aryl methyl sites for hydroxylation is 1. The first-order chi connectivity index (χ1) is 8.15. The molecule has 0 bridgehead atoms. The van der Waals surface area contributed by atoms with E-state index >= 15 is 0 Å². The highest BCUT2D eigenvalue weighted by Crippen LogP contribution is 2.51. The van der Waals surface area contributed by atoms with E-state index in [1.807, 2.05) is 25.3 Å². The molecule has 1 atom stereocenters. The van der Waals surface area contributed by atoms with Gasteiger partial charge in [0.2, 0.25) is 5.91 Å². The third-order valence-corrected chi connectivity index (χ3v) is 5.51. The van der Waals surface area contributed by atoms with E-state index in [2.05, 4.69) is 16.4 Å². The molecule has 1 N–H and O–H groups in total. The van der Waals surface area contributed by atoms with Crippen LogP contribution in [0.2, 0.25) is 0 Å². The van der Waals surface area contributed by atoms with Crippen LogP contribution in [-0.2, 0) is 9.54 Å². The number of amides is 1. The number of anilines is 1. The Morgan fingerprint density at radius 1 is 1.53 bits per heavy atom. The molecular weight excluding hydrogens is 252 g/mol. The van der Waals surface area contributed by atoms with Crippen molar-refractivity contribution in [1.82, 2.24) is 0 Å². The fourth-order valence-corrected chi connectivity index (χ4v) is 4.13. The molecule has 0 radical (unpaired) electrons. The molecule has 1 amide bonds. The third kappa shape index (κ3) is 1.52. The molecule has 3 rings (SSSR count). The summed E-state index contributed by atoms with van der Waals surface area (Å²) >= 11 is 3.19. The summed E-state index contributed by atoms with van der Waals surface area (Å²) in [6, 6.07) is 6.10. The lowest BCUT2D eigenvalue weighted by atomic mass is 9.98. The summed E-state index contributed by atoms with van der Waals surface area (Å²) in [6.45, 7) is 2.60. The van der Waals surface area contributed by atoms with Crippen LogP contribution in [0.25, 0.3) is 0 Å². The van der Waals surface area contributed by atoms with E-state index in [4.69, 9.17) is 0 Å². The van der Waals surface area contributed by atoms with E-state index in [-0.39, 0.29) is 5.91 Å². The van der Waals surface area contributed by atoms with Crippen molar-refractivity contribution in [3.8, 4) is 0 Å². The van der Waals surface area contributed by atoms with Gasteiger partial charge in [-0.15, -0.1) is 11.8 Å². The largest absolute Gasteiger partial charge is 0.324 e. The molecular formula is C12H12N2OS2. The number of nitrogens with zero attached hydrogens (tertiary/aromatic N) is 1. The number of aliphatic imine (C=N–C) groups is 1. The van der Waals surface area contributed by atoms with Crippen molar-refractivity contribution in [2.75, 3.05) is 18.1 Å². The van der Waals surface area contributed by atoms with Gasteiger partial charge < -0.3 is 5.32 Å². The number of benzene rings is 1. The van der Waals surface area contributed by atoms with E-state index in [1.54, 1.807) is 23.5 Å². The standard InChI is InChI=1S/C12H12N2OS2/c1-7-3-4-9-8(5-7)12(10(15)14-9)6-13-11(16-2)17-12/h3-5H,6H2,1-2H3,(H,14,15). The van der Waals surface area contributed by atoms with Crippen molar-refractivity contribution < 1.29 is 4.79 Å². The van der Waals surface area contributed by atoms with E-state index in [0.29, 0.717) is 6.54 Å². The van der Waals surface area contributed by atoms with Crippen LogP contribution in [0, 0.1) is 6.92 Å². The highest BCUT2D eigenvalue weighted by Gasteiger charge is 2.51. The quantitative estimate of drug-likeness (QED) is 0.783. The summed E-state index contributed by atoms with van der Waals surface area (Å²) in [5.41, 5.74) is 3.20. The predicted molar refractivity (Wildman–Crippen MR) is 74.9 cm³/mol. The summed E-state index contributed by atoms with van der Waals surface area (Å²) in [6.07, 6.45) is 1.99. The predicted octanol–water partition coefficient (Wildman–Crippen LogP) is 2.61. The Morgan fingerprint density at radius 2 is 2.35 bits per heavy atom. The number of fused-ring (bicyclic) bond motifs is 2. The number of nitrogens with one attached hydrogen (secondary N) is 1. The summed E-state index contributed by atoms with van der Waals surface area (Å²) in [7, 11) is 0. The molecule has 1 spiro atoms. The highest BCUT2D eigenvalue weighted by molar-refractivity contribution is 8.39. The lowest BCUT2D eigenvalue weighted by Gasteiger charge is -2.19. The summed E-state index contributed by atoms with van der Waals surface area (Å²) < 4.78 is 0.481. The van der Waals surface area contributed by atoms with Crippen LogP contribution < -0.4 is 5.32 Å². The molecule has 1 aromatic rings. The minimum Gasteiger partial charge on any atom is -0.324 e. The van der Waals surface area contributed by atoms with Crippen LogP contribution in [0.5, 0.6) is 0 Å². The van der Waals surface area contributed by atoms with Gasteiger partial charge in [0, 0.05) is 11.3 Å². The number of carbonyl (C=O) groups excluding carboxylic acids is 1. The Bertz CT molecular complexity index is 541. The second kappa shape index (κ2) is 3.78. The van der Waals surface area contributed by atoms with Crippen molar-refractivity contribution >= 4 is 39.5 Å². The second-order valence-electron chi connectivity index (χ2n) is 4.22. The monoisotopic (exact) mass is 264 g/mol. The SMILES string of the molecule is CSC1=NCC2(S1)C(=O)Nc1ccc(C)cc12. The average molecular weight is 264 g/mol. The first-order valence-corrected chi connectivity index (χ1v) is 7.40. The maximum Gasteiger partial charge on any atom is 0.247 e. The molecule has 3 nitrogen and oxygen atoms in total. The van der Waals surface area contributed by atoms with Crippen molar-refractivity contribution in [3.63, 3.8) is 0 Å². The van der Waals surface area contributed by atoms with Crippen LogP contribution in [0.15, 0.2) is 23.2 Å². The van der Waals surface area contributed by atoms with Gasteiger partial charge in [0.25, 0.3) is 0 Å². The first kappa shape index (κ1) is 11.2. The smallest absolute Gasteiger partial charge is 0.247 e. The number of rotatable bonds is 0. The molecule has 0 aliphatic carbocycles. The average Bonchev–Trinajstić information content (AvgIpc) is 2.86. The molecule has 1 unspecified atom stereocenters. The Kier molecular flexibility index (Phi) is 2.48. The Labute approximate surface area is 108 Å². The number of carbonyl (C=O) groups is 1. The zero-order valence-electron chi connectivity index (χ0n) is 9.61. The molecule has 17 heavy (non-hydrogen) atoms. The van der Waals surface area contributed by atoms with E-state index in [9.17, 15) is 4.79 Å². The van der Waals surface area contributed by atoms with Crippen molar-refractivity contribution in [3.05, 3.63) is 29.3 Å². The maximum atomic E-state index is 12.2. The molecule has 0 saturated carbocycles. The first-order valence-electron chi connectivity index (χ1n) is 5.36. The van der Waals surface area contributed by atoms with Gasteiger partial charge >= 0.3 is 0 Å². The molecule has 0 aromatic heterocycles. The van der Waals surface area contributed by atoms with Crippen LogP contribution in [0.1, 0.15) is 11.1 Å². The van der Waals surface area contributed by atoms with Gasteiger partial charge in [-0.1, -0.05) is 29.5 Å². The zero-order chi connectivity index (χ0) is 12.0. The minimum absolute atomic E-state index is 0.0656. The molecule has 88 valence electrons. The third-order valence-electron chi connectivity index (χ3n) is 3.09. The number of thioether (sulfide) groups is 2. The van der Waals surface area contributed by atoms with E-state index in [0.717, 1.165) is 15.6 Å². The summed E-state index contributed by atoms with van der Waals surface area (Å²) in [4.78, 5) is 16.7. The number of hydrogen-bond donors (Lipinski definition) is 1. The van der Waals surface area contributed by atoms with Crippen LogP contribution in [-0.4, -0.2) is 23.1 Å². The maximum absolute atomic E-state index is 12.2. The fourth-order valence-electron chi connectivity index (χ4n) is 2.20. The molecule has 0 saturated heterocycles. The van der Waals surface area contributed by atoms with Gasteiger partial charge in [0.1, 0.15) is 9.12 Å². The lowest BCUT2D eigenvalue weighted by molar-refractivity contribution is -0.117. The van der Waals surface area contributed by atoms with Gasteiger partial charge in [-0.05, 0) is 19.2 Å².